The van der Waals surface area contributed by atoms with Crippen LogP contribution in [0.2, 0.25) is 12.4 Å². The second-order valence-corrected chi connectivity index (χ2v) is 2.87. The van der Waals surface area contributed by atoms with Gasteiger partial charge in [0.1, 0.15) is 7.28 Å². The van der Waals surface area contributed by atoms with Crippen LogP contribution in [-0.4, -0.2) is 22.4 Å². The Labute approximate surface area is 77.7 Å². The lowest BCUT2D eigenvalue weighted by Crippen LogP contribution is -2.15. The van der Waals surface area contributed by atoms with Crippen LogP contribution < -0.4 is 5.46 Å². The molecule has 0 nitrogen and oxygen atoms in total. The number of aryl methyl sites for hydroxylation is 1. The van der Waals surface area contributed by atoms with Crippen molar-refractivity contribution >= 4 is 27.9 Å². The van der Waals surface area contributed by atoms with Gasteiger partial charge in [0.15, 0.2) is 0 Å². The van der Waals surface area contributed by atoms with E-state index in [0.29, 0.717) is 6.22 Å². The normalized spacial score (nSPS) is 9.42. The van der Waals surface area contributed by atoms with Crippen molar-refractivity contribution in [1.82, 2.24) is 0 Å². The molecule has 0 spiro atoms. The zero-order chi connectivity index (χ0) is 8.81. The standard InChI is InChI=1S/C9H11B3/c1-8-2-4-9(5-3-8)12-7-11-6-10/h2-5H,6-7H2,1H3. The highest BCUT2D eigenvalue weighted by molar-refractivity contribution is 6.67. The predicted molar refractivity (Wildman–Crippen MR) is 57.7 cm³/mol. The van der Waals surface area contributed by atoms with Gasteiger partial charge in [-0.3, -0.25) is 0 Å². The third-order valence-corrected chi connectivity index (χ3v) is 1.76. The van der Waals surface area contributed by atoms with E-state index in [2.05, 4.69) is 45.7 Å². The summed E-state index contributed by atoms with van der Waals surface area (Å²) in [6, 6.07) is 8.49. The van der Waals surface area contributed by atoms with Crippen LogP contribution in [0.15, 0.2) is 24.3 Å². The fourth-order valence-electron chi connectivity index (χ4n) is 1.02. The zero-order valence-electron chi connectivity index (χ0n) is 7.46. The maximum Gasteiger partial charge on any atom is 0.143 e. The van der Waals surface area contributed by atoms with Crippen molar-refractivity contribution in [3.05, 3.63) is 29.8 Å². The van der Waals surface area contributed by atoms with Gasteiger partial charge in [-0.1, -0.05) is 35.3 Å². The second kappa shape index (κ2) is 5.13. The molecular weight excluding hydrogens is 141 g/mol. The number of hydrogen-bond donors (Lipinski definition) is 0. The first-order valence-electron chi connectivity index (χ1n) is 4.24. The fourth-order valence-corrected chi connectivity index (χ4v) is 1.02. The first kappa shape index (κ1) is 9.50. The van der Waals surface area contributed by atoms with E-state index in [1.54, 1.807) is 0 Å². The van der Waals surface area contributed by atoms with E-state index in [1.807, 2.05) is 0 Å². The molecule has 0 bridgehead atoms. The van der Waals surface area contributed by atoms with Gasteiger partial charge in [-0.2, -0.15) is 0 Å². The molecule has 0 aliphatic rings. The fraction of sp³-hybridized carbons (Fsp3) is 0.333. The summed E-state index contributed by atoms with van der Waals surface area (Å²) in [6.45, 7) is 2.09. The topological polar surface area (TPSA) is 0 Å². The highest BCUT2D eigenvalue weighted by Gasteiger charge is 1.94. The smallest absolute Gasteiger partial charge is 0.114 e. The Morgan fingerprint density at radius 1 is 1.25 bits per heavy atom. The minimum absolute atomic E-state index is 0.655. The number of benzene rings is 1. The first-order valence-corrected chi connectivity index (χ1v) is 4.24. The van der Waals surface area contributed by atoms with E-state index >= 15 is 0 Å². The Morgan fingerprint density at radius 3 is 2.50 bits per heavy atom. The Bertz CT molecular complexity index is 218. The molecule has 0 aliphatic heterocycles. The maximum atomic E-state index is 5.34. The Kier molecular flexibility index (Phi) is 4.06. The van der Waals surface area contributed by atoms with Gasteiger partial charge in [0.2, 0.25) is 0 Å². The number of hydrogen-bond acceptors (Lipinski definition) is 0. The molecule has 0 fully saturated rings. The molecule has 0 unspecified atom stereocenters. The second-order valence-electron chi connectivity index (χ2n) is 2.87. The van der Waals surface area contributed by atoms with Gasteiger partial charge in [0, 0.05) is 0 Å². The minimum atomic E-state index is 0.655. The van der Waals surface area contributed by atoms with Gasteiger partial charge in [-0.15, -0.1) is 12.4 Å². The summed E-state index contributed by atoms with van der Waals surface area (Å²) in [5.74, 6) is 0. The van der Waals surface area contributed by atoms with E-state index in [0.717, 1.165) is 6.22 Å². The molecule has 1 rings (SSSR count). The van der Waals surface area contributed by atoms with Gasteiger partial charge in [0.25, 0.3) is 0 Å². The van der Waals surface area contributed by atoms with Crippen LogP contribution in [0.3, 0.4) is 0 Å². The molecule has 56 valence electrons. The van der Waals surface area contributed by atoms with Crippen LogP contribution in [0.4, 0.5) is 0 Å². The van der Waals surface area contributed by atoms with Crippen molar-refractivity contribution in [2.75, 3.05) is 0 Å². The van der Waals surface area contributed by atoms with E-state index in [1.165, 1.54) is 11.0 Å². The van der Waals surface area contributed by atoms with Crippen LogP contribution in [0.5, 0.6) is 0 Å². The largest absolute Gasteiger partial charge is 0.143 e. The molecule has 0 atom stereocenters. The summed E-state index contributed by atoms with van der Waals surface area (Å²) >= 11 is 0. The molecule has 1 aromatic carbocycles. The average molecular weight is 152 g/mol. The SMILES string of the molecule is [B]C[B]C[B]c1ccc(C)cc1. The lowest BCUT2D eigenvalue weighted by atomic mass is 9.48. The molecule has 3 heteroatoms. The molecule has 0 aliphatic carbocycles. The predicted octanol–water partition coefficient (Wildman–Crippen LogP) is 0.949. The molecule has 0 saturated carbocycles. The third kappa shape index (κ3) is 3.21. The number of rotatable bonds is 4. The minimum Gasteiger partial charge on any atom is -0.114 e. The maximum absolute atomic E-state index is 5.34. The summed E-state index contributed by atoms with van der Waals surface area (Å²) in [5, 5.41) is 0. The molecule has 0 aromatic heterocycles. The van der Waals surface area contributed by atoms with Gasteiger partial charge in [-0.25, -0.2) is 0 Å². The lowest BCUT2D eigenvalue weighted by Gasteiger charge is -1.98. The molecule has 12 heavy (non-hydrogen) atoms. The molecular formula is C9H11B3. The van der Waals surface area contributed by atoms with Crippen LogP contribution in [0, 0.1) is 6.92 Å². The molecule has 4 radical (unpaired) electrons. The van der Waals surface area contributed by atoms with E-state index in [4.69, 9.17) is 7.85 Å². The zero-order valence-corrected chi connectivity index (χ0v) is 7.46. The quantitative estimate of drug-likeness (QED) is 0.444. The van der Waals surface area contributed by atoms with Crippen molar-refractivity contribution in [3.63, 3.8) is 0 Å². The summed E-state index contributed by atoms with van der Waals surface area (Å²) in [6.07, 6.45) is 1.61. The van der Waals surface area contributed by atoms with Gasteiger partial charge in [0.05, 0.1) is 15.1 Å². The molecule has 1 aromatic rings. The van der Waals surface area contributed by atoms with E-state index in [9.17, 15) is 0 Å². The van der Waals surface area contributed by atoms with Crippen LogP contribution in [0.25, 0.3) is 0 Å². The highest BCUT2D eigenvalue weighted by Crippen LogP contribution is 1.92. The van der Waals surface area contributed by atoms with E-state index in [-0.39, 0.29) is 0 Å². The van der Waals surface area contributed by atoms with Gasteiger partial charge in [-0.05, 0) is 6.92 Å². The summed E-state index contributed by atoms with van der Waals surface area (Å²) < 4.78 is 0. The Balaban J connectivity index is 2.37. The van der Waals surface area contributed by atoms with Crippen molar-refractivity contribution < 1.29 is 0 Å². The summed E-state index contributed by atoms with van der Waals surface area (Å²) in [7, 11) is 9.57. The summed E-state index contributed by atoms with van der Waals surface area (Å²) in [4.78, 5) is 0. The van der Waals surface area contributed by atoms with Crippen LogP contribution in [0.1, 0.15) is 5.56 Å². The van der Waals surface area contributed by atoms with Crippen molar-refractivity contribution in [2.45, 2.75) is 19.4 Å². The van der Waals surface area contributed by atoms with Gasteiger partial charge < -0.3 is 0 Å². The molecule has 0 amide bonds. The average Bonchev–Trinajstić information content (AvgIpc) is 2.09. The van der Waals surface area contributed by atoms with Crippen LogP contribution >= 0.6 is 0 Å². The van der Waals surface area contributed by atoms with Crippen molar-refractivity contribution in [1.29, 1.82) is 0 Å². The monoisotopic (exact) mass is 152 g/mol. The van der Waals surface area contributed by atoms with E-state index < -0.39 is 0 Å². The molecule has 0 saturated heterocycles. The first-order chi connectivity index (χ1) is 5.83. The van der Waals surface area contributed by atoms with Crippen molar-refractivity contribution in [3.8, 4) is 0 Å². The lowest BCUT2D eigenvalue weighted by molar-refractivity contribution is 1.49. The van der Waals surface area contributed by atoms with Gasteiger partial charge >= 0.3 is 0 Å². The third-order valence-electron chi connectivity index (χ3n) is 1.76. The molecule has 0 N–H and O–H groups in total. The van der Waals surface area contributed by atoms with Crippen molar-refractivity contribution in [2.24, 2.45) is 0 Å². The summed E-state index contributed by atoms with van der Waals surface area (Å²) in [5.41, 5.74) is 2.57. The van der Waals surface area contributed by atoms with Crippen LogP contribution in [-0.2, 0) is 0 Å². The molecule has 0 heterocycles. The Hall–Kier alpha value is -0.585. The highest BCUT2D eigenvalue weighted by atomic mass is 13.8. The Morgan fingerprint density at radius 2 is 1.92 bits per heavy atom.